The maximum atomic E-state index is 13.1. The number of carbonyl (C=O) groups excluding carboxylic acids is 1. The monoisotopic (exact) mass is 255 g/mol. The Balaban J connectivity index is 2.18. The topological polar surface area (TPSA) is 67.8 Å². The highest BCUT2D eigenvalue weighted by Gasteiger charge is 2.45. The fourth-order valence-corrected chi connectivity index (χ4v) is 1.68. The quantitative estimate of drug-likeness (QED) is 0.834. The molecule has 1 aliphatic heterocycles. The van der Waals surface area contributed by atoms with E-state index in [2.05, 4.69) is 5.32 Å². The summed E-state index contributed by atoms with van der Waals surface area (Å²) in [7, 11) is 1.43. The first-order valence-corrected chi connectivity index (χ1v) is 5.45. The summed E-state index contributed by atoms with van der Waals surface area (Å²) in [4.78, 5) is 12.0. The van der Waals surface area contributed by atoms with E-state index >= 15 is 0 Å². The van der Waals surface area contributed by atoms with Crippen LogP contribution >= 0.6 is 0 Å². The molecule has 0 saturated carbocycles. The lowest BCUT2D eigenvalue weighted by atomic mass is 9.86. The van der Waals surface area contributed by atoms with E-state index < -0.39 is 17.1 Å². The minimum atomic E-state index is -0.933. The minimum absolute atomic E-state index is 0.160. The molecule has 1 fully saturated rings. The van der Waals surface area contributed by atoms with Crippen molar-refractivity contribution in [1.29, 1.82) is 0 Å². The molecule has 2 N–H and O–H groups in total. The Morgan fingerprint density at radius 3 is 2.83 bits per heavy atom. The summed E-state index contributed by atoms with van der Waals surface area (Å²) in [6, 6.07) is 3.83. The molecule has 2 rings (SSSR count). The highest BCUT2D eigenvalue weighted by atomic mass is 19.1. The van der Waals surface area contributed by atoms with Crippen LogP contribution in [0.1, 0.15) is 0 Å². The number of amides is 1. The third kappa shape index (κ3) is 2.16. The predicted octanol–water partition coefficient (Wildman–Crippen LogP) is 0.782. The van der Waals surface area contributed by atoms with Gasteiger partial charge in [-0.05, 0) is 12.1 Å². The van der Waals surface area contributed by atoms with Crippen molar-refractivity contribution in [3.05, 3.63) is 24.0 Å². The van der Waals surface area contributed by atoms with E-state index in [1.165, 1.54) is 25.3 Å². The van der Waals surface area contributed by atoms with Gasteiger partial charge in [-0.2, -0.15) is 0 Å². The lowest BCUT2D eigenvalue weighted by molar-refractivity contribution is -0.164. The number of aliphatic hydroxyl groups is 1. The SMILES string of the molecule is COc1ccc(F)cc1NC(=O)C1(CO)COC1. The number of nitrogens with one attached hydrogen (secondary N) is 1. The van der Waals surface area contributed by atoms with Gasteiger partial charge in [-0.25, -0.2) is 4.39 Å². The van der Waals surface area contributed by atoms with E-state index in [1.54, 1.807) is 0 Å². The Bertz CT molecular complexity index is 454. The first-order chi connectivity index (χ1) is 8.61. The van der Waals surface area contributed by atoms with Gasteiger partial charge in [0.1, 0.15) is 17.0 Å². The molecule has 0 radical (unpaired) electrons. The predicted molar refractivity (Wildman–Crippen MR) is 61.9 cm³/mol. The number of rotatable bonds is 4. The van der Waals surface area contributed by atoms with Crippen LogP contribution in [-0.4, -0.2) is 37.9 Å². The van der Waals surface area contributed by atoms with E-state index in [4.69, 9.17) is 9.47 Å². The van der Waals surface area contributed by atoms with Crippen LogP contribution < -0.4 is 10.1 Å². The molecule has 0 aromatic heterocycles. The number of ether oxygens (including phenoxy) is 2. The molecule has 1 aliphatic rings. The number of hydrogen-bond acceptors (Lipinski definition) is 4. The summed E-state index contributed by atoms with van der Waals surface area (Å²) >= 11 is 0. The van der Waals surface area contributed by atoms with E-state index in [0.29, 0.717) is 5.75 Å². The van der Waals surface area contributed by atoms with Crippen molar-refractivity contribution in [1.82, 2.24) is 0 Å². The first kappa shape index (κ1) is 12.8. The smallest absolute Gasteiger partial charge is 0.237 e. The number of aliphatic hydroxyl groups excluding tert-OH is 1. The maximum absolute atomic E-state index is 13.1. The van der Waals surface area contributed by atoms with E-state index in [0.717, 1.165) is 0 Å². The van der Waals surface area contributed by atoms with Crippen molar-refractivity contribution in [3.63, 3.8) is 0 Å². The number of carbonyl (C=O) groups is 1. The number of hydrogen-bond donors (Lipinski definition) is 2. The molecule has 6 heteroatoms. The van der Waals surface area contributed by atoms with Gasteiger partial charge in [-0.1, -0.05) is 0 Å². The Morgan fingerprint density at radius 1 is 1.61 bits per heavy atom. The van der Waals surface area contributed by atoms with Crippen LogP contribution in [-0.2, 0) is 9.53 Å². The Morgan fingerprint density at radius 2 is 2.33 bits per heavy atom. The summed E-state index contributed by atoms with van der Waals surface area (Å²) in [6.45, 7) is 0.0103. The number of halogens is 1. The molecule has 0 atom stereocenters. The zero-order valence-electron chi connectivity index (χ0n) is 9.90. The van der Waals surface area contributed by atoms with Gasteiger partial charge < -0.3 is 19.9 Å². The fraction of sp³-hybridized carbons (Fsp3) is 0.417. The summed E-state index contributed by atoms with van der Waals surface area (Å²) in [5.74, 6) is -0.521. The Kier molecular flexibility index (Phi) is 3.49. The van der Waals surface area contributed by atoms with Gasteiger partial charge >= 0.3 is 0 Å². The summed E-state index contributed by atoms with van der Waals surface area (Å²) < 4.78 is 23.1. The summed E-state index contributed by atoms with van der Waals surface area (Å²) in [5.41, 5.74) is -0.695. The van der Waals surface area contributed by atoms with Crippen LogP contribution in [0.15, 0.2) is 18.2 Å². The molecule has 5 nitrogen and oxygen atoms in total. The van der Waals surface area contributed by atoms with Crippen molar-refractivity contribution < 1.29 is 23.8 Å². The van der Waals surface area contributed by atoms with Crippen molar-refractivity contribution in [2.24, 2.45) is 5.41 Å². The highest BCUT2D eigenvalue weighted by Crippen LogP contribution is 2.31. The van der Waals surface area contributed by atoms with Crippen LogP contribution in [0.3, 0.4) is 0 Å². The molecule has 0 aliphatic carbocycles. The van der Waals surface area contributed by atoms with Crippen LogP contribution in [0.5, 0.6) is 5.75 Å². The van der Waals surface area contributed by atoms with Gasteiger partial charge in [-0.3, -0.25) is 4.79 Å². The lowest BCUT2D eigenvalue weighted by Gasteiger charge is -2.38. The highest BCUT2D eigenvalue weighted by molar-refractivity contribution is 5.97. The fourth-order valence-electron chi connectivity index (χ4n) is 1.68. The Labute approximate surface area is 104 Å². The van der Waals surface area contributed by atoms with E-state index in [1.807, 2.05) is 0 Å². The van der Waals surface area contributed by atoms with Gasteiger partial charge in [0.05, 0.1) is 32.6 Å². The molecule has 98 valence electrons. The average Bonchev–Trinajstić information content (AvgIpc) is 2.28. The molecule has 0 spiro atoms. The molecule has 18 heavy (non-hydrogen) atoms. The first-order valence-electron chi connectivity index (χ1n) is 5.45. The molecule has 1 saturated heterocycles. The number of anilines is 1. The third-order valence-electron chi connectivity index (χ3n) is 2.95. The van der Waals surface area contributed by atoms with E-state index in [9.17, 15) is 14.3 Å². The van der Waals surface area contributed by atoms with Crippen LogP contribution in [0.4, 0.5) is 10.1 Å². The van der Waals surface area contributed by atoms with Crippen LogP contribution in [0, 0.1) is 11.2 Å². The molecule has 1 aromatic rings. The zero-order chi connectivity index (χ0) is 13.2. The van der Waals surface area contributed by atoms with Gasteiger partial charge in [-0.15, -0.1) is 0 Å². The minimum Gasteiger partial charge on any atom is -0.495 e. The molecule has 1 aromatic carbocycles. The van der Waals surface area contributed by atoms with Crippen LogP contribution in [0.25, 0.3) is 0 Å². The third-order valence-corrected chi connectivity index (χ3v) is 2.95. The van der Waals surface area contributed by atoms with E-state index in [-0.39, 0.29) is 25.5 Å². The normalized spacial score (nSPS) is 16.8. The second-order valence-corrected chi connectivity index (χ2v) is 4.23. The molecule has 1 heterocycles. The number of methoxy groups -OCH3 is 1. The molecule has 1 amide bonds. The molecular formula is C12H14FNO4. The summed E-state index contributed by atoms with van der Waals surface area (Å²) in [6.07, 6.45) is 0. The average molecular weight is 255 g/mol. The zero-order valence-corrected chi connectivity index (χ0v) is 9.90. The van der Waals surface area contributed by atoms with Gasteiger partial charge in [0.2, 0.25) is 5.91 Å². The van der Waals surface area contributed by atoms with Crippen LogP contribution in [0.2, 0.25) is 0 Å². The van der Waals surface area contributed by atoms with Crippen molar-refractivity contribution >= 4 is 11.6 Å². The van der Waals surface area contributed by atoms with Crippen molar-refractivity contribution in [2.45, 2.75) is 0 Å². The second-order valence-electron chi connectivity index (χ2n) is 4.23. The summed E-state index contributed by atoms with van der Waals surface area (Å²) in [5, 5.41) is 11.8. The molecular weight excluding hydrogens is 241 g/mol. The van der Waals surface area contributed by atoms with Crippen molar-refractivity contribution in [2.75, 3.05) is 32.2 Å². The second kappa shape index (κ2) is 4.91. The Hall–Kier alpha value is -1.66. The van der Waals surface area contributed by atoms with Gasteiger partial charge in [0, 0.05) is 6.07 Å². The number of benzene rings is 1. The molecule has 0 bridgehead atoms. The van der Waals surface area contributed by atoms with Crippen molar-refractivity contribution in [3.8, 4) is 5.75 Å². The largest absolute Gasteiger partial charge is 0.495 e. The van der Waals surface area contributed by atoms with Gasteiger partial charge in [0.25, 0.3) is 0 Å². The standard InChI is InChI=1S/C12H14FNO4/c1-17-10-3-2-8(13)4-9(10)14-11(16)12(5-15)6-18-7-12/h2-4,15H,5-7H2,1H3,(H,14,16). The maximum Gasteiger partial charge on any atom is 0.237 e. The molecule has 0 unspecified atom stereocenters. The lowest BCUT2D eigenvalue weighted by Crippen LogP contribution is -2.54. The van der Waals surface area contributed by atoms with Gasteiger partial charge in [0.15, 0.2) is 0 Å².